The first-order valence-corrected chi connectivity index (χ1v) is 11.1. The molecule has 0 saturated heterocycles. The van der Waals surface area contributed by atoms with E-state index in [4.69, 9.17) is 9.47 Å². The summed E-state index contributed by atoms with van der Waals surface area (Å²) in [4.78, 5) is 36.1. The van der Waals surface area contributed by atoms with Crippen LogP contribution in [0.5, 0.6) is 0 Å². The molecule has 6 nitrogen and oxygen atoms in total. The molecule has 1 N–H and O–H groups in total. The maximum Gasteiger partial charge on any atom is 0.303 e. The van der Waals surface area contributed by atoms with Crippen LogP contribution in [0.3, 0.4) is 0 Å². The van der Waals surface area contributed by atoms with Gasteiger partial charge >= 0.3 is 11.9 Å². The number of ketones is 1. The second kappa shape index (κ2) is 6.79. The lowest BCUT2D eigenvalue weighted by Gasteiger charge is -2.65. The number of carbonyl (C=O) groups is 3. The van der Waals surface area contributed by atoms with Gasteiger partial charge in [-0.15, -0.1) is 0 Å². The van der Waals surface area contributed by atoms with Gasteiger partial charge in [0, 0.05) is 37.5 Å². The van der Waals surface area contributed by atoms with Crippen molar-refractivity contribution < 1.29 is 29.0 Å². The molecule has 4 aliphatic carbocycles. The zero-order chi connectivity index (χ0) is 21.2. The zero-order valence-corrected chi connectivity index (χ0v) is 18.0. The number of fused-ring (bicyclic) bond motifs is 5. The first kappa shape index (κ1) is 20.8. The molecule has 0 amide bonds. The van der Waals surface area contributed by atoms with Gasteiger partial charge in [-0.2, -0.15) is 0 Å². The van der Waals surface area contributed by atoms with Crippen LogP contribution >= 0.6 is 0 Å². The van der Waals surface area contributed by atoms with E-state index in [-0.39, 0.29) is 29.3 Å². The third-order valence-electron chi connectivity index (χ3n) is 9.14. The number of hydrogen-bond acceptors (Lipinski definition) is 6. The molecular formula is C23H34O6. The minimum atomic E-state index is -1.23. The summed E-state index contributed by atoms with van der Waals surface area (Å²) >= 11 is 0. The van der Waals surface area contributed by atoms with Crippen LogP contribution in [-0.2, 0) is 23.9 Å². The molecule has 0 aromatic carbocycles. The lowest BCUT2D eigenvalue weighted by atomic mass is 9.43. The van der Waals surface area contributed by atoms with Crippen molar-refractivity contribution in [3.63, 3.8) is 0 Å². The third kappa shape index (κ3) is 2.96. The van der Waals surface area contributed by atoms with Gasteiger partial charge < -0.3 is 14.6 Å². The third-order valence-corrected chi connectivity index (χ3v) is 9.14. The van der Waals surface area contributed by atoms with E-state index in [1.807, 2.05) is 0 Å². The van der Waals surface area contributed by atoms with Gasteiger partial charge in [0.2, 0.25) is 0 Å². The quantitative estimate of drug-likeness (QED) is 0.709. The maximum atomic E-state index is 12.7. The number of hydrogen-bond donors (Lipinski definition) is 1. The monoisotopic (exact) mass is 406 g/mol. The Balaban J connectivity index is 1.71. The number of Topliss-reactive ketones (excluding diaryl/α,β-unsaturated/α-hetero) is 1. The van der Waals surface area contributed by atoms with Crippen LogP contribution in [0, 0.1) is 28.6 Å². The van der Waals surface area contributed by atoms with Gasteiger partial charge in [-0.1, -0.05) is 13.8 Å². The van der Waals surface area contributed by atoms with Crippen molar-refractivity contribution in [2.75, 3.05) is 0 Å². The molecule has 0 heterocycles. The summed E-state index contributed by atoms with van der Waals surface area (Å²) < 4.78 is 11.2. The zero-order valence-electron chi connectivity index (χ0n) is 18.0. The van der Waals surface area contributed by atoms with Crippen molar-refractivity contribution in [3.8, 4) is 0 Å². The summed E-state index contributed by atoms with van der Waals surface area (Å²) in [6, 6.07) is 0. The van der Waals surface area contributed by atoms with Crippen LogP contribution in [0.25, 0.3) is 0 Å². The number of rotatable bonds is 2. The molecular weight excluding hydrogens is 372 g/mol. The Labute approximate surface area is 172 Å². The SMILES string of the molecule is CC(=O)O[C@@H]1CC[C@]2(C)[C@H]3CC[C@]4(C)C(=O)CC[C@H]4[C@@H]3C[C@H](OC(C)=O)[C@@]2(O)C1. The Morgan fingerprint density at radius 2 is 1.69 bits per heavy atom. The fourth-order valence-electron chi connectivity index (χ4n) is 7.67. The molecule has 0 unspecified atom stereocenters. The summed E-state index contributed by atoms with van der Waals surface area (Å²) in [6.07, 6.45) is 4.62. The fraction of sp³-hybridized carbons (Fsp3) is 0.870. The second-order valence-electron chi connectivity index (χ2n) is 10.4. The van der Waals surface area contributed by atoms with Crippen LogP contribution in [0.15, 0.2) is 0 Å². The molecule has 29 heavy (non-hydrogen) atoms. The Hall–Kier alpha value is -1.43. The van der Waals surface area contributed by atoms with Crippen LogP contribution in [-0.4, -0.2) is 40.6 Å². The van der Waals surface area contributed by atoms with Crippen LogP contribution in [0.1, 0.15) is 79.1 Å². The highest BCUT2D eigenvalue weighted by Crippen LogP contribution is 2.67. The first-order valence-electron chi connectivity index (χ1n) is 11.1. The average Bonchev–Trinajstić information content (AvgIpc) is 2.92. The highest BCUT2D eigenvalue weighted by atomic mass is 16.6. The smallest absolute Gasteiger partial charge is 0.303 e. The standard InChI is InChI=1S/C23H34O6/c1-13(24)28-15-7-10-22(4)18-8-9-21(3)17(5-6-19(21)26)16(18)11-20(29-14(2)25)23(22,27)12-15/h15-18,20,27H,5-12H2,1-4H3/t15-,16+,17+,18+,20+,21+,22-,23+/m1/s1. The highest BCUT2D eigenvalue weighted by Gasteiger charge is 2.68. The van der Waals surface area contributed by atoms with Crippen LogP contribution in [0.4, 0.5) is 0 Å². The Morgan fingerprint density at radius 1 is 1.00 bits per heavy atom. The summed E-state index contributed by atoms with van der Waals surface area (Å²) in [5.74, 6) is 0.452. The van der Waals surface area contributed by atoms with Crippen molar-refractivity contribution in [2.24, 2.45) is 28.6 Å². The number of esters is 2. The van der Waals surface area contributed by atoms with Gasteiger partial charge in [0.25, 0.3) is 0 Å². The molecule has 4 saturated carbocycles. The largest absolute Gasteiger partial charge is 0.462 e. The minimum absolute atomic E-state index is 0.264. The Bertz CT molecular complexity index is 733. The summed E-state index contributed by atoms with van der Waals surface area (Å²) in [6.45, 7) is 7.01. The lowest BCUT2D eigenvalue weighted by Crippen LogP contribution is -2.69. The van der Waals surface area contributed by atoms with Gasteiger partial charge in [-0.25, -0.2) is 0 Å². The van der Waals surface area contributed by atoms with Gasteiger partial charge in [-0.05, 0) is 56.3 Å². The lowest BCUT2D eigenvalue weighted by molar-refractivity contribution is -0.269. The van der Waals surface area contributed by atoms with Crippen molar-refractivity contribution in [2.45, 2.75) is 96.9 Å². The van der Waals surface area contributed by atoms with E-state index in [2.05, 4.69) is 13.8 Å². The van der Waals surface area contributed by atoms with E-state index in [0.717, 1.165) is 25.7 Å². The molecule has 0 aliphatic heterocycles. The minimum Gasteiger partial charge on any atom is -0.462 e. The van der Waals surface area contributed by atoms with Gasteiger partial charge in [0.05, 0.1) is 0 Å². The molecule has 0 spiro atoms. The van der Waals surface area contributed by atoms with E-state index < -0.39 is 23.1 Å². The predicted molar refractivity (Wildman–Crippen MR) is 105 cm³/mol. The van der Waals surface area contributed by atoms with E-state index in [0.29, 0.717) is 37.4 Å². The van der Waals surface area contributed by atoms with E-state index in [1.54, 1.807) is 0 Å². The molecule has 4 rings (SSSR count). The maximum absolute atomic E-state index is 12.7. The summed E-state index contributed by atoms with van der Waals surface area (Å²) in [5, 5.41) is 12.0. The Kier molecular flexibility index (Phi) is 4.88. The fourth-order valence-corrected chi connectivity index (χ4v) is 7.67. The van der Waals surface area contributed by atoms with Gasteiger partial charge in [0.1, 0.15) is 23.6 Å². The predicted octanol–water partition coefficient (Wildman–Crippen LogP) is 3.19. The molecule has 162 valence electrons. The van der Waals surface area contributed by atoms with Crippen molar-refractivity contribution in [1.82, 2.24) is 0 Å². The van der Waals surface area contributed by atoms with Gasteiger partial charge in [-0.3, -0.25) is 14.4 Å². The average molecular weight is 407 g/mol. The van der Waals surface area contributed by atoms with Crippen molar-refractivity contribution in [3.05, 3.63) is 0 Å². The molecule has 0 aromatic rings. The van der Waals surface area contributed by atoms with Crippen molar-refractivity contribution in [1.29, 1.82) is 0 Å². The molecule has 0 aromatic heterocycles. The normalized spacial score (nSPS) is 48.9. The summed E-state index contributed by atoms with van der Waals surface area (Å²) in [5.41, 5.74) is -1.93. The van der Waals surface area contributed by atoms with Crippen molar-refractivity contribution >= 4 is 17.7 Å². The topological polar surface area (TPSA) is 89.9 Å². The van der Waals surface area contributed by atoms with E-state index in [9.17, 15) is 19.5 Å². The second-order valence-corrected chi connectivity index (χ2v) is 10.4. The molecule has 0 bridgehead atoms. The molecule has 4 aliphatic rings. The molecule has 6 heteroatoms. The number of aliphatic hydroxyl groups is 1. The molecule has 4 fully saturated rings. The molecule has 8 atom stereocenters. The van der Waals surface area contributed by atoms with Gasteiger partial charge in [0.15, 0.2) is 0 Å². The number of ether oxygens (including phenoxy) is 2. The molecule has 0 radical (unpaired) electrons. The summed E-state index contributed by atoms with van der Waals surface area (Å²) in [7, 11) is 0. The highest BCUT2D eigenvalue weighted by molar-refractivity contribution is 5.87. The Morgan fingerprint density at radius 3 is 2.34 bits per heavy atom. The first-order chi connectivity index (χ1) is 13.5. The van der Waals surface area contributed by atoms with Crippen LogP contribution in [0.2, 0.25) is 0 Å². The van der Waals surface area contributed by atoms with E-state index >= 15 is 0 Å². The number of carbonyl (C=O) groups excluding carboxylic acids is 3. The van der Waals surface area contributed by atoms with Crippen LogP contribution < -0.4 is 0 Å². The van der Waals surface area contributed by atoms with E-state index in [1.165, 1.54) is 13.8 Å².